The van der Waals surface area contributed by atoms with Gasteiger partial charge in [-0.25, -0.2) is 0 Å². The van der Waals surface area contributed by atoms with Crippen molar-refractivity contribution in [2.24, 2.45) is 11.8 Å². The molecule has 0 saturated carbocycles. The van der Waals surface area contributed by atoms with Gasteiger partial charge in [-0.15, -0.1) is 0 Å². The number of hydrogen-bond acceptors (Lipinski definition) is 0. The zero-order valence-electron chi connectivity index (χ0n) is 17.6. The van der Waals surface area contributed by atoms with E-state index in [1.165, 1.54) is 67.2 Å². The van der Waals surface area contributed by atoms with Gasteiger partial charge in [0.15, 0.2) is 0 Å². The summed E-state index contributed by atoms with van der Waals surface area (Å²) in [6.07, 6.45) is 7.19. The Morgan fingerprint density at radius 3 is 1.87 bits per heavy atom. The molecule has 0 aliphatic carbocycles. The summed E-state index contributed by atoms with van der Waals surface area (Å²) in [5.41, 5.74) is 0. The average molecular weight is 327 g/mol. The fourth-order valence-corrected chi connectivity index (χ4v) is 5.36. The number of likely N-dealkylation sites (tertiary alicyclic amines) is 2. The van der Waals surface area contributed by atoms with E-state index in [0.29, 0.717) is 0 Å². The van der Waals surface area contributed by atoms with Gasteiger partial charge in [-0.2, -0.15) is 0 Å². The highest BCUT2D eigenvalue weighted by atomic mass is 15.4. The molecule has 2 nitrogen and oxygen atoms in total. The minimum Gasteiger partial charge on any atom is -0.326 e. The lowest BCUT2D eigenvalue weighted by atomic mass is 9.89. The molecule has 2 heterocycles. The maximum Gasteiger partial charge on any atom is 0.0909 e. The molecule has 3 atom stereocenters. The maximum absolute atomic E-state index is 2.44. The molecule has 0 N–H and O–H groups in total. The zero-order chi connectivity index (χ0) is 17.7. The van der Waals surface area contributed by atoms with Crippen molar-refractivity contribution in [3.8, 4) is 0 Å². The standard InChI is InChI=1S/C11H24N.C10H22N/c1-5-12(6-2)9-7-8-10(3)11(12)4;1-9(2)10-7-5-6-8-11(10,3)4/h10-11H,5-9H2,1-4H3;9-10H,5-8H2,1-4H3/q2*+1. The summed E-state index contributed by atoms with van der Waals surface area (Å²) in [4.78, 5) is 0. The van der Waals surface area contributed by atoms with Crippen molar-refractivity contribution in [1.29, 1.82) is 0 Å². The Hall–Kier alpha value is -0.0800. The molecular formula is C21H46N2+2. The van der Waals surface area contributed by atoms with Crippen LogP contribution in [0.2, 0.25) is 0 Å². The Bertz CT molecular complexity index is 331. The number of piperidine rings is 2. The predicted molar refractivity (Wildman–Crippen MR) is 104 cm³/mol. The first kappa shape index (κ1) is 21.0. The van der Waals surface area contributed by atoms with Crippen molar-refractivity contribution >= 4 is 0 Å². The molecule has 0 aromatic carbocycles. The number of quaternary nitrogens is 2. The average Bonchev–Trinajstić information content (AvgIpc) is 2.50. The van der Waals surface area contributed by atoms with Gasteiger partial charge in [0.2, 0.25) is 0 Å². The van der Waals surface area contributed by atoms with Crippen LogP contribution in [0, 0.1) is 11.8 Å². The first-order chi connectivity index (χ1) is 10.7. The molecule has 0 spiro atoms. The second-order valence-electron chi connectivity index (χ2n) is 9.24. The van der Waals surface area contributed by atoms with Crippen molar-refractivity contribution in [3.05, 3.63) is 0 Å². The van der Waals surface area contributed by atoms with Crippen LogP contribution in [-0.4, -0.2) is 61.3 Å². The van der Waals surface area contributed by atoms with Crippen LogP contribution in [0.25, 0.3) is 0 Å². The van der Waals surface area contributed by atoms with Crippen LogP contribution in [0.3, 0.4) is 0 Å². The lowest BCUT2D eigenvalue weighted by Crippen LogP contribution is -2.59. The molecule has 2 saturated heterocycles. The molecule has 2 aliphatic rings. The second-order valence-corrected chi connectivity index (χ2v) is 9.24. The van der Waals surface area contributed by atoms with Crippen molar-refractivity contribution in [2.75, 3.05) is 40.3 Å². The summed E-state index contributed by atoms with van der Waals surface area (Å²) in [6.45, 7) is 19.7. The SMILES string of the molecule is CC(C)C1CCCC[N+]1(C)C.CC[N+]1(CC)CCCC(C)C1C. The summed E-state index contributed by atoms with van der Waals surface area (Å²) in [6, 6.07) is 1.79. The highest BCUT2D eigenvalue weighted by Crippen LogP contribution is 2.29. The molecule has 138 valence electrons. The van der Waals surface area contributed by atoms with Crippen molar-refractivity contribution in [2.45, 2.75) is 85.7 Å². The molecule has 2 heteroatoms. The molecule has 0 radical (unpaired) electrons. The van der Waals surface area contributed by atoms with Gasteiger partial charge in [0.25, 0.3) is 0 Å². The van der Waals surface area contributed by atoms with E-state index in [2.05, 4.69) is 55.6 Å². The molecule has 0 aromatic heterocycles. The molecule has 2 rings (SSSR count). The van der Waals surface area contributed by atoms with Crippen molar-refractivity contribution < 1.29 is 8.97 Å². The highest BCUT2D eigenvalue weighted by molar-refractivity contribution is 4.69. The van der Waals surface area contributed by atoms with Gasteiger partial charge in [0.05, 0.1) is 52.4 Å². The molecule has 2 fully saturated rings. The van der Waals surface area contributed by atoms with E-state index >= 15 is 0 Å². The molecule has 2 aliphatic heterocycles. The Morgan fingerprint density at radius 2 is 1.48 bits per heavy atom. The van der Waals surface area contributed by atoms with E-state index < -0.39 is 0 Å². The molecule has 3 unspecified atom stereocenters. The van der Waals surface area contributed by atoms with E-state index in [9.17, 15) is 0 Å². The fourth-order valence-electron chi connectivity index (χ4n) is 5.36. The Labute approximate surface area is 147 Å². The highest BCUT2D eigenvalue weighted by Gasteiger charge is 2.37. The van der Waals surface area contributed by atoms with Crippen molar-refractivity contribution in [3.63, 3.8) is 0 Å². The first-order valence-electron chi connectivity index (χ1n) is 10.4. The third-order valence-corrected chi connectivity index (χ3v) is 7.36. The zero-order valence-corrected chi connectivity index (χ0v) is 17.6. The van der Waals surface area contributed by atoms with Crippen LogP contribution in [0.5, 0.6) is 0 Å². The minimum atomic E-state index is 0.852. The van der Waals surface area contributed by atoms with Gasteiger partial charge in [-0.3, -0.25) is 0 Å². The summed E-state index contributed by atoms with van der Waals surface area (Å²) < 4.78 is 2.61. The Morgan fingerprint density at radius 1 is 0.870 bits per heavy atom. The quantitative estimate of drug-likeness (QED) is 0.645. The van der Waals surface area contributed by atoms with Crippen LogP contribution in [-0.2, 0) is 0 Å². The van der Waals surface area contributed by atoms with Crippen LogP contribution in [0.15, 0.2) is 0 Å². The number of rotatable bonds is 3. The largest absolute Gasteiger partial charge is 0.326 e. The van der Waals surface area contributed by atoms with Gasteiger partial charge in [0, 0.05) is 11.8 Å². The number of hydrogen-bond donors (Lipinski definition) is 0. The smallest absolute Gasteiger partial charge is 0.0909 e. The van der Waals surface area contributed by atoms with E-state index in [4.69, 9.17) is 0 Å². The van der Waals surface area contributed by atoms with Gasteiger partial charge in [-0.05, 0) is 52.9 Å². The van der Waals surface area contributed by atoms with Gasteiger partial charge in [-0.1, -0.05) is 20.8 Å². The Kier molecular flexibility index (Phi) is 8.07. The van der Waals surface area contributed by atoms with E-state index in [-0.39, 0.29) is 0 Å². The van der Waals surface area contributed by atoms with Gasteiger partial charge in [0.1, 0.15) is 0 Å². The van der Waals surface area contributed by atoms with E-state index in [1.54, 1.807) is 0 Å². The molecule has 0 amide bonds. The monoisotopic (exact) mass is 326 g/mol. The summed E-state index contributed by atoms with van der Waals surface area (Å²) in [5.74, 6) is 1.78. The lowest BCUT2D eigenvalue weighted by molar-refractivity contribution is -0.954. The summed E-state index contributed by atoms with van der Waals surface area (Å²) in [7, 11) is 4.76. The second kappa shape index (κ2) is 8.85. The van der Waals surface area contributed by atoms with Crippen LogP contribution < -0.4 is 0 Å². The maximum atomic E-state index is 2.44. The van der Waals surface area contributed by atoms with Gasteiger partial charge >= 0.3 is 0 Å². The van der Waals surface area contributed by atoms with Crippen molar-refractivity contribution in [1.82, 2.24) is 0 Å². The minimum absolute atomic E-state index is 0.852. The predicted octanol–water partition coefficient (Wildman–Crippen LogP) is 4.93. The van der Waals surface area contributed by atoms with Crippen LogP contribution in [0.1, 0.15) is 73.6 Å². The van der Waals surface area contributed by atoms with Crippen LogP contribution in [0.4, 0.5) is 0 Å². The topological polar surface area (TPSA) is 0 Å². The third-order valence-electron chi connectivity index (χ3n) is 7.36. The lowest BCUT2D eigenvalue weighted by Gasteiger charge is -2.48. The summed E-state index contributed by atoms with van der Waals surface area (Å²) >= 11 is 0. The fraction of sp³-hybridized carbons (Fsp3) is 1.00. The summed E-state index contributed by atoms with van der Waals surface area (Å²) in [5, 5.41) is 0. The number of nitrogens with zero attached hydrogens (tertiary/aromatic N) is 2. The normalized spacial score (nSPS) is 33.0. The van der Waals surface area contributed by atoms with Gasteiger partial charge < -0.3 is 8.97 Å². The molecule has 0 aromatic rings. The first-order valence-corrected chi connectivity index (χ1v) is 10.4. The van der Waals surface area contributed by atoms with E-state index in [1.807, 2.05) is 0 Å². The molecule has 0 bridgehead atoms. The molecular weight excluding hydrogens is 280 g/mol. The molecule has 23 heavy (non-hydrogen) atoms. The van der Waals surface area contributed by atoms with Crippen LogP contribution >= 0.6 is 0 Å². The Balaban J connectivity index is 0.000000231. The van der Waals surface area contributed by atoms with E-state index in [0.717, 1.165) is 23.9 Å². The third kappa shape index (κ3) is 5.19.